The molecule has 0 bridgehead atoms. The molecule has 4 rings (SSSR count). The molecular formula is C17H19ClN8O2. The topological polar surface area (TPSA) is 110 Å². The zero-order valence-electron chi connectivity index (χ0n) is 15.6. The van der Waals surface area contributed by atoms with Gasteiger partial charge < -0.3 is 10.1 Å². The van der Waals surface area contributed by atoms with Crippen molar-refractivity contribution in [2.75, 3.05) is 16.8 Å². The van der Waals surface area contributed by atoms with E-state index in [1.54, 1.807) is 29.8 Å². The lowest BCUT2D eigenvalue weighted by Crippen LogP contribution is -2.34. The quantitative estimate of drug-likeness (QED) is 0.693. The van der Waals surface area contributed by atoms with Gasteiger partial charge >= 0.3 is 6.09 Å². The number of ether oxygens (including phenoxy) is 1. The van der Waals surface area contributed by atoms with Crippen LogP contribution >= 0.6 is 11.6 Å². The maximum atomic E-state index is 12.1. The summed E-state index contributed by atoms with van der Waals surface area (Å²) in [6, 6.07) is 3.17. The number of amides is 1. The molecule has 1 amide bonds. The smallest absolute Gasteiger partial charge is 0.417 e. The zero-order chi connectivity index (χ0) is 19.8. The first-order valence-corrected chi connectivity index (χ1v) is 9.29. The van der Waals surface area contributed by atoms with Crippen molar-refractivity contribution in [1.82, 2.24) is 29.5 Å². The molecule has 0 aromatic carbocycles. The summed E-state index contributed by atoms with van der Waals surface area (Å²) in [5, 5.41) is 7.88. The lowest BCUT2D eigenvalue weighted by molar-refractivity contribution is 0.178. The van der Waals surface area contributed by atoms with Gasteiger partial charge in [0, 0.05) is 0 Å². The van der Waals surface area contributed by atoms with Crippen LogP contribution in [0.5, 0.6) is 0 Å². The van der Waals surface area contributed by atoms with Crippen LogP contribution in [-0.4, -0.2) is 48.3 Å². The molecule has 0 saturated carbocycles. The molecule has 11 heteroatoms. The first kappa shape index (κ1) is 18.4. The number of aromatic nitrogens is 6. The standard InChI is InChI=1S/C17H19ClN8O2/c1-4-11-8-28-17(27)25(11)16-22-10(3)21-15(23-16)20-9(2)12-7-19-14-6-5-13(18)24-26(12)14/h5-7,9,11H,4,8H2,1-3H3,(H,20,21,22,23)/t9-,11-/m0/s1. The Bertz CT molecular complexity index is 1040. The molecule has 2 atom stereocenters. The van der Waals surface area contributed by atoms with Crippen LogP contribution in [0.1, 0.15) is 37.8 Å². The number of hydrogen-bond donors (Lipinski definition) is 1. The highest BCUT2D eigenvalue weighted by molar-refractivity contribution is 6.29. The second-order valence-corrected chi connectivity index (χ2v) is 6.88. The lowest BCUT2D eigenvalue weighted by atomic mass is 10.2. The number of anilines is 2. The van der Waals surface area contributed by atoms with Crippen LogP contribution in [0.4, 0.5) is 16.7 Å². The van der Waals surface area contributed by atoms with E-state index in [2.05, 4.69) is 30.4 Å². The molecule has 146 valence electrons. The highest BCUT2D eigenvalue weighted by Gasteiger charge is 2.35. The number of cyclic esters (lactones) is 1. The van der Waals surface area contributed by atoms with E-state index in [0.29, 0.717) is 29.2 Å². The molecule has 0 unspecified atom stereocenters. The predicted molar refractivity (Wildman–Crippen MR) is 103 cm³/mol. The molecular weight excluding hydrogens is 384 g/mol. The summed E-state index contributed by atoms with van der Waals surface area (Å²) in [6.45, 7) is 5.99. The predicted octanol–water partition coefficient (Wildman–Crippen LogP) is 2.78. The Morgan fingerprint density at radius 1 is 1.36 bits per heavy atom. The van der Waals surface area contributed by atoms with Crippen LogP contribution in [0.2, 0.25) is 5.15 Å². The van der Waals surface area contributed by atoms with Crippen LogP contribution in [0.3, 0.4) is 0 Å². The van der Waals surface area contributed by atoms with E-state index in [0.717, 1.165) is 12.1 Å². The average Bonchev–Trinajstić information content (AvgIpc) is 3.23. The fourth-order valence-corrected chi connectivity index (χ4v) is 3.22. The van der Waals surface area contributed by atoms with Crippen LogP contribution in [-0.2, 0) is 4.74 Å². The van der Waals surface area contributed by atoms with Gasteiger partial charge in [0.15, 0.2) is 5.65 Å². The number of fused-ring (bicyclic) bond motifs is 1. The SMILES string of the molecule is CC[C@H]1COC(=O)N1c1nc(C)nc(N[C@@H](C)c2cnc3ccc(Cl)nn23)n1. The van der Waals surface area contributed by atoms with Gasteiger partial charge in [-0.3, -0.25) is 0 Å². The second-order valence-electron chi connectivity index (χ2n) is 6.49. The summed E-state index contributed by atoms with van der Waals surface area (Å²) < 4.78 is 6.80. The maximum absolute atomic E-state index is 12.1. The highest BCUT2D eigenvalue weighted by Crippen LogP contribution is 2.24. The van der Waals surface area contributed by atoms with Gasteiger partial charge in [0.05, 0.1) is 24.0 Å². The van der Waals surface area contributed by atoms with E-state index in [1.165, 1.54) is 4.90 Å². The first-order chi connectivity index (χ1) is 13.5. The molecule has 3 aromatic heterocycles. The number of imidazole rings is 1. The van der Waals surface area contributed by atoms with Crippen molar-refractivity contribution in [3.05, 3.63) is 35.0 Å². The number of hydrogen-bond acceptors (Lipinski definition) is 8. The summed E-state index contributed by atoms with van der Waals surface area (Å²) in [7, 11) is 0. The Morgan fingerprint density at radius 3 is 2.96 bits per heavy atom. The van der Waals surface area contributed by atoms with E-state index in [4.69, 9.17) is 16.3 Å². The minimum Gasteiger partial charge on any atom is -0.447 e. The lowest BCUT2D eigenvalue weighted by Gasteiger charge is -2.19. The van der Waals surface area contributed by atoms with Crippen molar-refractivity contribution in [2.45, 2.75) is 39.3 Å². The van der Waals surface area contributed by atoms with E-state index in [-0.39, 0.29) is 18.0 Å². The molecule has 1 saturated heterocycles. The zero-order valence-corrected chi connectivity index (χ0v) is 16.4. The molecule has 1 aliphatic rings. The Labute approximate surface area is 165 Å². The number of carbonyl (C=O) groups is 1. The monoisotopic (exact) mass is 402 g/mol. The van der Waals surface area contributed by atoms with Gasteiger partial charge in [0.25, 0.3) is 0 Å². The van der Waals surface area contributed by atoms with Gasteiger partial charge in [-0.25, -0.2) is 19.2 Å². The molecule has 3 aromatic rings. The second kappa shape index (κ2) is 7.19. The van der Waals surface area contributed by atoms with Crippen LogP contribution < -0.4 is 10.2 Å². The van der Waals surface area contributed by atoms with Crippen molar-refractivity contribution >= 4 is 35.2 Å². The van der Waals surface area contributed by atoms with Gasteiger partial charge in [0.1, 0.15) is 17.6 Å². The van der Waals surface area contributed by atoms with Crippen molar-refractivity contribution in [2.24, 2.45) is 0 Å². The molecule has 10 nitrogen and oxygen atoms in total. The average molecular weight is 403 g/mol. The van der Waals surface area contributed by atoms with E-state index >= 15 is 0 Å². The number of nitrogens with one attached hydrogen (secondary N) is 1. The Balaban J connectivity index is 1.63. The third-order valence-corrected chi connectivity index (χ3v) is 4.73. The molecule has 28 heavy (non-hydrogen) atoms. The Kier molecular flexibility index (Phi) is 4.71. The summed E-state index contributed by atoms with van der Waals surface area (Å²) in [5.41, 5.74) is 1.48. The van der Waals surface area contributed by atoms with E-state index < -0.39 is 6.09 Å². The number of halogens is 1. The van der Waals surface area contributed by atoms with Gasteiger partial charge in [-0.1, -0.05) is 18.5 Å². The van der Waals surface area contributed by atoms with Crippen LogP contribution in [0.25, 0.3) is 5.65 Å². The maximum Gasteiger partial charge on any atom is 0.417 e. The summed E-state index contributed by atoms with van der Waals surface area (Å²) in [5.74, 6) is 1.12. The normalized spacial score (nSPS) is 17.8. The van der Waals surface area contributed by atoms with E-state index in [1.807, 2.05) is 13.8 Å². The Morgan fingerprint density at radius 2 is 2.18 bits per heavy atom. The van der Waals surface area contributed by atoms with Gasteiger partial charge in [-0.05, 0) is 32.4 Å². The molecule has 1 N–H and O–H groups in total. The molecule has 0 aliphatic carbocycles. The fraction of sp³-hybridized carbons (Fsp3) is 0.412. The molecule has 1 aliphatic heterocycles. The minimum atomic E-state index is -0.447. The summed E-state index contributed by atoms with van der Waals surface area (Å²) >= 11 is 6.01. The Hall–Kier alpha value is -3.01. The fourth-order valence-electron chi connectivity index (χ4n) is 3.08. The van der Waals surface area contributed by atoms with Gasteiger partial charge in [-0.15, -0.1) is 0 Å². The highest BCUT2D eigenvalue weighted by atomic mass is 35.5. The first-order valence-electron chi connectivity index (χ1n) is 8.91. The van der Waals surface area contributed by atoms with Crippen molar-refractivity contribution < 1.29 is 9.53 Å². The third-order valence-electron chi connectivity index (χ3n) is 4.53. The number of nitrogens with zero attached hydrogens (tertiary/aromatic N) is 7. The molecule has 4 heterocycles. The molecule has 0 radical (unpaired) electrons. The van der Waals surface area contributed by atoms with Crippen LogP contribution in [0.15, 0.2) is 18.3 Å². The van der Waals surface area contributed by atoms with Crippen molar-refractivity contribution in [3.8, 4) is 0 Å². The number of rotatable bonds is 5. The van der Waals surface area contributed by atoms with Gasteiger partial charge in [0.2, 0.25) is 11.9 Å². The minimum absolute atomic E-state index is 0.0929. The third kappa shape index (κ3) is 3.31. The number of aryl methyl sites for hydroxylation is 1. The molecule has 1 fully saturated rings. The van der Waals surface area contributed by atoms with Crippen molar-refractivity contribution in [1.29, 1.82) is 0 Å². The summed E-state index contributed by atoms with van der Waals surface area (Å²) in [6.07, 6.45) is 2.01. The van der Waals surface area contributed by atoms with Crippen LogP contribution in [0, 0.1) is 6.92 Å². The number of carbonyl (C=O) groups excluding carboxylic acids is 1. The summed E-state index contributed by atoms with van der Waals surface area (Å²) in [4.78, 5) is 31.0. The largest absolute Gasteiger partial charge is 0.447 e. The molecule has 0 spiro atoms. The van der Waals surface area contributed by atoms with E-state index in [9.17, 15) is 4.79 Å². The van der Waals surface area contributed by atoms with Crippen molar-refractivity contribution in [3.63, 3.8) is 0 Å². The van der Waals surface area contributed by atoms with Gasteiger partial charge in [-0.2, -0.15) is 20.1 Å².